The molecule has 0 atom stereocenters. The Bertz CT molecular complexity index is 992. The molecule has 0 spiro atoms. The lowest BCUT2D eigenvalue weighted by Crippen LogP contribution is -2.35. The minimum absolute atomic E-state index is 0.0319. The summed E-state index contributed by atoms with van der Waals surface area (Å²) in [5.74, 6) is 1.03. The van der Waals surface area contributed by atoms with Gasteiger partial charge in [-0.25, -0.2) is 14.4 Å². The Morgan fingerprint density at radius 2 is 2.00 bits per heavy atom. The van der Waals surface area contributed by atoms with Gasteiger partial charge >= 0.3 is 0 Å². The summed E-state index contributed by atoms with van der Waals surface area (Å²) in [6, 6.07) is 12.0. The highest BCUT2D eigenvalue weighted by molar-refractivity contribution is 5.74. The summed E-state index contributed by atoms with van der Waals surface area (Å²) in [5.41, 5.74) is 3.47. The molecule has 1 amide bonds. The highest BCUT2D eigenvalue weighted by atomic mass is 19.1. The van der Waals surface area contributed by atoms with Crippen LogP contribution in [-0.4, -0.2) is 32.3 Å². The molecular weight excluding hydrogens is 357 g/mol. The van der Waals surface area contributed by atoms with Gasteiger partial charge in [0.2, 0.25) is 5.91 Å². The highest BCUT2D eigenvalue weighted by Gasteiger charge is 2.24. The van der Waals surface area contributed by atoms with Crippen LogP contribution in [-0.2, 0) is 24.3 Å². The fourth-order valence-electron chi connectivity index (χ4n) is 3.24. The third kappa shape index (κ3) is 3.83. The smallest absolute Gasteiger partial charge is 0.219 e. The van der Waals surface area contributed by atoms with Crippen LogP contribution in [0.2, 0.25) is 0 Å². The van der Waals surface area contributed by atoms with Crippen LogP contribution in [0.1, 0.15) is 23.7 Å². The molecule has 0 saturated heterocycles. The molecule has 0 fully saturated rings. The molecule has 142 valence electrons. The molecule has 2 aromatic heterocycles. The average molecular weight is 377 g/mol. The van der Waals surface area contributed by atoms with Gasteiger partial charge in [-0.3, -0.25) is 9.78 Å². The predicted octanol–water partition coefficient (Wildman–Crippen LogP) is 3.19. The van der Waals surface area contributed by atoms with Crippen molar-refractivity contribution in [3.63, 3.8) is 0 Å². The first-order chi connectivity index (χ1) is 13.6. The number of aromatic nitrogens is 3. The number of fused-ring (bicyclic) bond motifs is 1. The van der Waals surface area contributed by atoms with E-state index in [1.807, 2.05) is 18.2 Å². The summed E-state index contributed by atoms with van der Waals surface area (Å²) < 4.78 is 13.1. The van der Waals surface area contributed by atoms with Crippen LogP contribution in [0.25, 0.3) is 11.5 Å². The SMILES string of the molecule is CC(=O)N1CCc2c(nc(-c3ccccn3)nc2NCc2ccc(F)cc2)C1. The third-order valence-electron chi connectivity index (χ3n) is 4.78. The molecule has 0 bridgehead atoms. The van der Waals surface area contributed by atoms with E-state index in [1.54, 1.807) is 30.2 Å². The second-order valence-electron chi connectivity index (χ2n) is 6.71. The number of anilines is 1. The summed E-state index contributed by atoms with van der Waals surface area (Å²) in [6.45, 7) is 3.18. The molecular formula is C21H20FN5O. The first kappa shape index (κ1) is 18.0. The first-order valence-electron chi connectivity index (χ1n) is 9.15. The lowest BCUT2D eigenvalue weighted by Gasteiger charge is -2.28. The van der Waals surface area contributed by atoms with E-state index in [-0.39, 0.29) is 11.7 Å². The summed E-state index contributed by atoms with van der Waals surface area (Å²) >= 11 is 0. The van der Waals surface area contributed by atoms with E-state index < -0.39 is 0 Å². The van der Waals surface area contributed by atoms with Crippen molar-refractivity contribution in [2.45, 2.75) is 26.4 Å². The minimum atomic E-state index is -0.259. The van der Waals surface area contributed by atoms with E-state index in [9.17, 15) is 9.18 Å². The van der Waals surface area contributed by atoms with Crippen molar-refractivity contribution in [3.8, 4) is 11.5 Å². The number of hydrogen-bond acceptors (Lipinski definition) is 5. The summed E-state index contributed by atoms with van der Waals surface area (Å²) in [5, 5.41) is 3.36. The number of nitrogens with zero attached hydrogens (tertiary/aromatic N) is 4. The van der Waals surface area contributed by atoms with Gasteiger partial charge in [0.15, 0.2) is 5.82 Å². The van der Waals surface area contributed by atoms with E-state index in [0.29, 0.717) is 37.6 Å². The fourth-order valence-corrected chi connectivity index (χ4v) is 3.24. The number of hydrogen-bond donors (Lipinski definition) is 1. The van der Waals surface area contributed by atoms with Crippen LogP contribution in [0.3, 0.4) is 0 Å². The van der Waals surface area contributed by atoms with E-state index in [2.05, 4.69) is 15.3 Å². The molecule has 0 unspecified atom stereocenters. The van der Waals surface area contributed by atoms with Gasteiger partial charge in [0.25, 0.3) is 0 Å². The molecule has 3 aromatic rings. The van der Waals surface area contributed by atoms with Gasteiger partial charge in [-0.1, -0.05) is 18.2 Å². The molecule has 1 aliphatic heterocycles. The fraction of sp³-hybridized carbons (Fsp3) is 0.238. The minimum Gasteiger partial charge on any atom is -0.366 e. The number of rotatable bonds is 4. The van der Waals surface area contributed by atoms with Gasteiger partial charge in [0.05, 0.1) is 12.2 Å². The third-order valence-corrected chi connectivity index (χ3v) is 4.78. The van der Waals surface area contributed by atoms with Gasteiger partial charge in [-0.2, -0.15) is 0 Å². The Labute approximate surface area is 162 Å². The van der Waals surface area contributed by atoms with E-state index in [0.717, 1.165) is 22.6 Å². The lowest BCUT2D eigenvalue weighted by atomic mass is 10.0. The van der Waals surface area contributed by atoms with Crippen LogP contribution >= 0.6 is 0 Å². The molecule has 0 aliphatic carbocycles. The number of nitrogens with one attached hydrogen (secondary N) is 1. The zero-order valence-electron chi connectivity index (χ0n) is 15.5. The molecule has 3 heterocycles. The van der Waals surface area contributed by atoms with Gasteiger partial charge < -0.3 is 10.2 Å². The van der Waals surface area contributed by atoms with Crippen molar-refractivity contribution in [1.82, 2.24) is 19.9 Å². The maximum atomic E-state index is 13.1. The monoisotopic (exact) mass is 377 g/mol. The number of carbonyl (C=O) groups excluding carboxylic acids is 1. The van der Waals surface area contributed by atoms with Gasteiger partial charge in [-0.15, -0.1) is 0 Å². The van der Waals surface area contributed by atoms with Crippen molar-refractivity contribution >= 4 is 11.7 Å². The standard InChI is InChI=1S/C21H20FN5O/c1-14(28)27-11-9-17-19(13-27)25-21(18-4-2-3-10-23-18)26-20(17)24-12-15-5-7-16(22)8-6-15/h2-8,10H,9,11-13H2,1H3,(H,24,25,26). The van der Waals surface area contributed by atoms with Gasteiger partial charge in [0.1, 0.15) is 17.3 Å². The van der Waals surface area contributed by atoms with Gasteiger partial charge in [-0.05, 0) is 36.2 Å². The number of pyridine rings is 1. The molecule has 1 aliphatic rings. The Balaban J connectivity index is 1.68. The highest BCUT2D eigenvalue weighted by Crippen LogP contribution is 2.27. The van der Waals surface area contributed by atoms with Crippen LogP contribution in [0.15, 0.2) is 48.7 Å². The average Bonchev–Trinajstić information content (AvgIpc) is 2.73. The Morgan fingerprint density at radius 1 is 1.18 bits per heavy atom. The van der Waals surface area contributed by atoms with Crippen molar-refractivity contribution < 1.29 is 9.18 Å². The maximum absolute atomic E-state index is 13.1. The molecule has 1 aromatic carbocycles. The summed E-state index contributed by atoms with van der Waals surface area (Å²) in [7, 11) is 0. The molecule has 1 N–H and O–H groups in total. The second-order valence-corrected chi connectivity index (χ2v) is 6.71. The first-order valence-corrected chi connectivity index (χ1v) is 9.15. The van der Waals surface area contributed by atoms with Crippen LogP contribution in [0.5, 0.6) is 0 Å². The Kier molecular flexibility index (Phi) is 4.97. The zero-order valence-corrected chi connectivity index (χ0v) is 15.5. The molecule has 6 nitrogen and oxygen atoms in total. The van der Waals surface area contributed by atoms with E-state index >= 15 is 0 Å². The predicted molar refractivity (Wildman–Crippen MR) is 104 cm³/mol. The van der Waals surface area contributed by atoms with Crippen LogP contribution in [0.4, 0.5) is 10.2 Å². The van der Waals surface area contributed by atoms with Crippen LogP contribution in [0, 0.1) is 5.82 Å². The number of benzene rings is 1. The molecule has 28 heavy (non-hydrogen) atoms. The lowest BCUT2D eigenvalue weighted by molar-refractivity contribution is -0.129. The zero-order chi connectivity index (χ0) is 19.5. The number of halogens is 1. The Morgan fingerprint density at radius 3 is 2.71 bits per heavy atom. The van der Waals surface area contributed by atoms with E-state index in [4.69, 9.17) is 4.98 Å². The largest absolute Gasteiger partial charge is 0.366 e. The van der Waals surface area contributed by atoms with Crippen molar-refractivity contribution in [3.05, 3.63) is 71.3 Å². The number of amides is 1. The Hall–Kier alpha value is -3.35. The maximum Gasteiger partial charge on any atom is 0.219 e. The van der Waals surface area contributed by atoms with Crippen molar-refractivity contribution in [2.75, 3.05) is 11.9 Å². The van der Waals surface area contributed by atoms with Crippen LogP contribution < -0.4 is 5.32 Å². The molecule has 0 saturated carbocycles. The second kappa shape index (κ2) is 7.72. The van der Waals surface area contributed by atoms with Gasteiger partial charge in [0, 0.05) is 31.8 Å². The molecule has 0 radical (unpaired) electrons. The molecule has 7 heteroatoms. The van der Waals surface area contributed by atoms with E-state index in [1.165, 1.54) is 12.1 Å². The normalized spacial score (nSPS) is 13.1. The molecule has 4 rings (SSSR count). The number of carbonyl (C=O) groups is 1. The van der Waals surface area contributed by atoms with Crippen molar-refractivity contribution in [2.24, 2.45) is 0 Å². The van der Waals surface area contributed by atoms with Crippen molar-refractivity contribution in [1.29, 1.82) is 0 Å². The summed E-state index contributed by atoms with van der Waals surface area (Å²) in [4.78, 5) is 27.3. The summed E-state index contributed by atoms with van der Waals surface area (Å²) in [6.07, 6.45) is 2.38. The quantitative estimate of drug-likeness (QED) is 0.756. The topological polar surface area (TPSA) is 71.0 Å².